The molecule has 0 bridgehead atoms. The van der Waals surface area contributed by atoms with Gasteiger partial charge in [-0.15, -0.1) is 0 Å². The lowest BCUT2D eigenvalue weighted by molar-refractivity contribution is 0.240. The molecule has 1 N–H and O–H groups in total. The number of rotatable bonds is 4. The quantitative estimate of drug-likeness (QED) is 0.917. The summed E-state index contributed by atoms with van der Waals surface area (Å²) in [7, 11) is 0. The minimum Gasteiger partial charge on any atom is -0.477 e. The van der Waals surface area contributed by atoms with Crippen LogP contribution in [0.1, 0.15) is 17.0 Å². The second-order valence-electron chi connectivity index (χ2n) is 5.51. The van der Waals surface area contributed by atoms with E-state index >= 15 is 0 Å². The number of halogens is 2. The molecule has 6 heteroatoms. The fourth-order valence-electron chi connectivity index (χ4n) is 2.77. The van der Waals surface area contributed by atoms with Gasteiger partial charge in [0.1, 0.15) is 6.07 Å². The molecule has 4 nitrogen and oxygen atoms in total. The standard InChI is InChI=1S/C17H15Cl2N3O/c18-15-3-2-12(5-16(15)19)14-9-21-8-13(14)10-23-17-4-1-11(6-20)7-22-17/h1-5,7,13-14,21H,8-10H2. The molecule has 1 aliphatic rings. The zero-order chi connectivity index (χ0) is 16.2. The molecule has 1 aliphatic heterocycles. The van der Waals surface area contributed by atoms with Crippen LogP contribution in [0.2, 0.25) is 10.0 Å². The van der Waals surface area contributed by atoms with Crippen molar-refractivity contribution in [2.45, 2.75) is 5.92 Å². The summed E-state index contributed by atoms with van der Waals surface area (Å²) < 4.78 is 5.78. The van der Waals surface area contributed by atoms with Gasteiger partial charge in [0.15, 0.2) is 0 Å². The van der Waals surface area contributed by atoms with Crippen molar-refractivity contribution in [1.82, 2.24) is 10.3 Å². The van der Waals surface area contributed by atoms with Crippen molar-refractivity contribution < 1.29 is 4.74 Å². The molecule has 0 aliphatic carbocycles. The molecule has 118 valence electrons. The second kappa shape index (κ2) is 7.18. The molecule has 0 radical (unpaired) electrons. The molecule has 0 amide bonds. The van der Waals surface area contributed by atoms with E-state index < -0.39 is 0 Å². The Kier molecular flexibility index (Phi) is 5.02. The maximum absolute atomic E-state index is 8.77. The Balaban J connectivity index is 1.66. The Labute approximate surface area is 145 Å². The number of nitrogens with one attached hydrogen (secondary N) is 1. The molecule has 3 rings (SSSR count). The largest absolute Gasteiger partial charge is 0.477 e. The van der Waals surface area contributed by atoms with Crippen molar-refractivity contribution in [2.75, 3.05) is 19.7 Å². The molecule has 2 atom stereocenters. The fraction of sp³-hybridized carbons (Fsp3) is 0.294. The van der Waals surface area contributed by atoms with Gasteiger partial charge in [0.2, 0.25) is 5.88 Å². The number of nitriles is 1. The number of aromatic nitrogens is 1. The highest BCUT2D eigenvalue weighted by atomic mass is 35.5. The molecule has 2 heterocycles. The van der Waals surface area contributed by atoms with Crippen molar-refractivity contribution in [3.05, 3.63) is 57.7 Å². The van der Waals surface area contributed by atoms with Crippen LogP contribution in [-0.2, 0) is 0 Å². The molecule has 0 spiro atoms. The van der Waals surface area contributed by atoms with Gasteiger partial charge >= 0.3 is 0 Å². The lowest BCUT2D eigenvalue weighted by Gasteiger charge is -2.19. The summed E-state index contributed by atoms with van der Waals surface area (Å²) in [6.07, 6.45) is 1.51. The van der Waals surface area contributed by atoms with Crippen molar-refractivity contribution >= 4 is 23.2 Å². The van der Waals surface area contributed by atoms with E-state index in [-0.39, 0.29) is 0 Å². The van der Waals surface area contributed by atoms with Gasteiger partial charge in [-0.2, -0.15) is 5.26 Å². The summed E-state index contributed by atoms with van der Waals surface area (Å²) in [5, 5.41) is 13.3. The highest BCUT2D eigenvalue weighted by molar-refractivity contribution is 6.42. The minimum atomic E-state index is 0.322. The first kappa shape index (κ1) is 16.1. The van der Waals surface area contributed by atoms with Crippen LogP contribution < -0.4 is 10.1 Å². The summed E-state index contributed by atoms with van der Waals surface area (Å²) >= 11 is 12.1. The predicted octanol–water partition coefficient (Wildman–Crippen LogP) is 3.64. The normalized spacial score (nSPS) is 20.2. The van der Waals surface area contributed by atoms with Gasteiger partial charge in [-0.25, -0.2) is 4.98 Å². The number of hydrogen-bond acceptors (Lipinski definition) is 4. The van der Waals surface area contributed by atoms with Crippen molar-refractivity contribution in [1.29, 1.82) is 5.26 Å². The van der Waals surface area contributed by atoms with Crippen LogP contribution in [0.15, 0.2) is 36.5 Å². The van der Waals surface area contributed by atoms with Crippen LogP contribution in [0.4, 0.5) is 0 Å². The van der Waals surface area contributed by atoms with Crippen molar-refractivity contribution in [3.63, 3.8) is 0 Å². The number of pyridine rings is 1. The molecule has 1 fully saturated rings. The molecule has 2 aromatic rings. The molecular weight excluding hydrogens is 333 g/mol. The third-order valence-corrected chi connectivity index (χ3v) is 4.76. The van der Waals surface area contributed by atoms with Gasteiger partial charge in [-0.3, -0.25) is 0 Å². The highest BCUT2D eigenvalue weighted by Gasteiger charge is 2.29. The highest BCUT2D eigenvalue weighted by Crippen LogP contribution is 2.32. The predicted molar refractivity (Wildman–Crippen MR) is 90.0 cm³/mol. The molecule has 1 saturated heterocycles. The van der Waals surface area contributed by atoms with Gasteiger partial charge in [0.25, 0.3) is 0 Å². The third-order valence-electron chi connectivity index (χ3n) is 4.02. The summed E-state index contributed by atoms with van der Waals surface area (Å²) in [6.45, 7) is 2.31. The molecule has 1 aromatic heterocycles. The zero-order valence-corrected chi connectivity index (χ0v) is 13.8. The van der Waals surface area contributed by atoms with Gasteiger partial charge in [0, 0.05) is 37.2 Å². The SMILES string of the molecule is N#Cc1ccc(OCC2CNCC2c2ccc(Cl)c(Cl)c2)nc1. The summed E-state index contributed by atoms with van der Waals surface area (Å²) in [5.41, 5.74) is 1.68. The monoisotopic (exact) mass is 347 g/mol. The Bertz CT molecular complexity index is 728. The van der Waals surface area contributed by atoms with Gasteiger partial charge in [0.05, 0.1) is 22.2 Å². The maximum atomic E-state index is 8.77. The van der Waals surface area contributed by atoms with Crippen LogP contribution in [0.25, 0.3) is 0 Å². The average Bonchev–Trinajstić information content (AvgIpc) is 3.04. The zero-order valence-electron chi connectivity index (χ0n) is 12.3. The van der Waals surface area contributed by atoms with E-state index in [4.69, 9.17) is 33.2 Å². The number of benzene rings is 1. The summed E-state index contributed by atoms with van der Waals surface area (Å²) in [6, 6.07) is 11.2. The first-order valence-electron chi connectivity index (χ1n) is 7.32. The summed E-state index contributed by atoms with van der Waals surface area (Å²) in [5.74, 6) is 1.18. The number of hydrogen-bond donors (Lipinski definition) is 1. The van der Waals surface area contributed by atoms with E-state index in [2.05, 4.69) is 10.3 Å². The summed E-state index contributed by atoms with van der Waals surface area (Å²) in [4.78, 5) is 4.13. The Morgan fingerprint density at radius 2 is 2.09 bits per heavy atom. The Morgan fingerprint density at radius 3 is 2.78 bits per heavy atom. The van der Waals surface area contributed by atoms with Crippen LogP contribution in [0.3, 0.4) is 0 Å². The van der Waals surface area contributed by atoms with Gasteiger partial charge < -0.3 is 10.1 Å². The number of nitrogens with zero attached hydrogens (tertiary/aromatic N) is 2. The van der Waals surface area contributed by atoms with E-state index in [0.29, 0.717) is 39.9 Å². The molecule has 2 unspecified atom stereocenters. The Hall–Kier alpha value is -1.80. The van der Waals surface area contributed by atoms with Gasteiger partial charge in [-0.05, 0) is 23.8 Å². The van der Waals surface area contributed by atoms with E-state index in [0.717, 1.165) is 18.7 Å². The van der Waals surface area contributed by atoms with Crippen LogP contribution in [-0.4, -0.2) is 24.7 Å². The molecule has 23 heavy (non-hydrogen) atoms. The van der Waals surface area contributed by atoms with E-state index in [1.165, 1.54) is 6.20 Å². The lowest BCUT2D eigenvalue weighted by Crippen LogP contribution is -2.19. The topological polar surface area (TPSA) is 57.9 Å². The van der Waals surface area contributed by atoms with Crippen LogP contribution in [0.5, 0.6) is 5.88 Å². The van der Waals surface area contributed by atoms with E-state index in [1.807, 2.05) is 24.3 Å². The lowest BCUT2D eigenvalue weighted by atomic mass is 9.89. The average molecular weight is 348 g/mol. The van der Waals surface area contributed by atoms with E-state index in [1.54, 1.807) is 12.1 Å². The first-order valence-corrected chi connectivity index (χ1v) is 8.07. The molecule has 0 saturated carbocycles. The van der Waals surface area contributed by atoms with Crippen LogP contribution >= 0.6 is 23.2 Å². The van der Waals surface area contributed by atoms with Crippen molar-refractivity contribution in [2.24, 2.45) is 5.92 Å². The fourth-order valence-corrected chi connectivity index (χ4v) is 3.07. The second-order valence-corrected chi connectivity index (χ2v) is 6.32. The van der Waals surface area contributed by atoms with Crippen molar-refractivity contribution in [3.8, 4) is 11.9 Å². The Morgan fingerprint density at radius 1 is 1.22 bits per heavy atom. The first-order chi connectivity index (χ1) is 11.2. The smallest absolute Gasteiger partial charge is 0.213 e. The molecular formula is C17H15Cl2N3O. The maximum Gasteiger partial charge on any atom is 0.213 e. The third kappa shape index (κ3) is 3.76. The molecule has 1 aromatic carbocycles. The number of ether oxygens (including phenoxy) is 1. The van der Waals surface area contributed by atoms with Gasteiger partial charge in [-0.1, -0.05) is 29.3 Å². The van der Waals surface area contributed by atoms with E-state index in [9.17, 15) is 0 Å². The minimum absolute atomic E-state index is 0.322. The van der Waals surface area contributed by atoms with Crippen LogP contribution in [0, 0.1) is 17.2 Å².